The van der Waals surface area contributed by atoms with Gasteiger partial charge in [0.1, 0.15) is 12.3 Å². The first kappa shape index (κ1) is 23.6. The van der Waals surface area contributed by atoms with E-state index in [2.05, 4.69) is 19.2 Å². The molecule has 7 heteroatoms. The van der Waals surface area contributed by atoms with E-state index in [1.807, 2.05) is 54.6 Å². The Balaban J connectivity index is 1.88. The minimum absolute atomic E-state index is 0.234. The minimum atomic E-state index is -3.68. The number of ether oxygens (including phenoxy) is 1. The van der Waals surface area contributed by atoms with Crippen molar-refractivity contribution in [2.75, 3.05) is 24.2 Å². The predicted octanol–water partition coefficient (Wildman–Crippen LogP) is 4.52. The summed E-state index contributed by atoms with van der Waals surface area (Å²) in [6.45, 7) is 3.88. The monoisotopic (exact) mass is 454 g/mol. The minimum Gasteiger partial charge on any atom is -0.497 e. The summed E-state index contributed by atoms with van der Waals surface area (Å²) in [6, 6.07) is 20.3. The van der Waals surface area contributed by atoms with Gasteiger partial charge in [-0.25, -0.2) is 8.42 Å². The van der Waals surface area contributed by atoms with Crippen LogP contribution in [0.25, 0.3) is 10.8 Å². The van der Waals surface area contributed by atoms with Crippen LogP contribution in [-0.4, -0.2) is 34.2 Å². The van der Waals surface area contributed by atoms with Crippen molar-refractivity contribution in [3.05, 3.63) is 72.3 Å². The second-order valence-electron chi connectivity index (χ2n) is 8.29. The van der Waals surface area contributed by atoms with Gasteiger partial charge in [-0.2, -0.15) is 0 Å². The highest BCUT2D eigenvalue weighted by atomic mass is 32.2. The lowest BCUT2D eigenvalue weighted by atomic mass is 9.97. The highest BCUT2D eigenvalue weighted by Crippen LogP contribution is 2.29. The Morgan fingerprint density at radius 1 is 1.00 bits per heavy atom. The number of rotatable bonds is 9. The molecular formula is C25H30N2O4S. The summed E-state index contributed by atoms with van der Waals surface area (Å²) in [5, 5.41) is 4.73. The molecule has 6 nitrogen and oxygen atoms in total. The second-order valence-corrected chi connectivity index (χ2v) is 10.2. The molecule has 0 unspecified atom stereocenters. The first-order valence-corrected chi connectivity index (χ1v) is 12.4. The maximum atomic E-state index is 13.1. The lowest BCUT2D eigenvalue weighted by molar-refractivity contribution is -0.120. The van der Waals surface area contributed by atoms with Crippen molar-refractivity contribution in [1.29, 1.82) is 0 Å². The van der Waals surface area contributed by atoms with E-state index in [9.17, 15) is 13.2 Å². The molecular weight excluding hydrogens is 424 g/mol. The molecule has 170 valence electrons. The maximum Gasteiger partial charge on any atom is 0.241 e. The molecule has 0 fully saturated rings. The van der Waals surface area contributed by atoms with Crippen molar-refractivity contribution in [3.63, 3.8) is 0 Å². The van der Waals surface area contributed by atoms with Crippen LogP contribution in [0.2, 0.25) is 0 Å². The van der Waals surface area contributed by atoms with Gasteiger partial charge in [-0.15, -0.1) is 0 Å². The molecule has 0 bridgehead atoms. The van der Waals surface area contributed by atoms with E-state index < -0.39 is 10.0 Å². The average molecular weight is 455 g/mol. The van der Waals surface area contributed by atoms with Crippen LogP contribution in [0.1, 0.15) is 31.9 Å². The number of anilines is 1. The topological polar surface area (TPSA) is 75.7 Å². The van der Waals surface area contributed by atoms with Crippen LogP contribution in [0.15, 0.2) is 66.7 Å². The van der Waals surface area contributed by atoms with Crippen LogP contribution in [0, 0.1) is 5.92 Å². The highest BCUT2D eigenvalue weighted by molar-refractivity contribution is 7.92. The molecule has 3 rings (SSSR count). The summed E-state index contributed by atoms with van der Waals surface area (Å²) >= 11 is 0. The summed E-state index contributed by atoms with van der Waals surface area (Å²) in [4.78, 5) is 13.1. The van der Waals surface area contributed by atoms with Crippen LogP contribution < -0.4 is 14.4 Å². The molecule has 32 heavy (non-hydrogen) atoms. The maximum absolute atomic E-state index is 13.1. The number of hydrogen-bond acceptors (Lipinski definition) is 4. The van der Waals surface area contributed by atoms with E-state index in [1.165, 1.54) is 4.31 Å². The zero-order valence-corrected chi connectivity index (χ0v) is 19.7. The summed E-state index contributed by atoms with van der Waals surface area (Å²) in [6.07, 6.45) is 1.85. The van der Waals surface area contributed by atoms with Crippen LogP contribution in [-0.2, 0) is 14.8 Å². The summed E-state index contributed by atoms with van der Waals surface area (Å²) in [5.74, 6) is 0.721. The van der Waals surface area contributed by atoms with Gasteiger partial charge >= 0.3 is 0 Å². The number of nitrogens with one attached hydrogen (secondary N) is 1. The molecule has 0 saturated carbocycles. The number of benzene rings is 3. The molecule has 3 aromatic carbocycles. The first-order chi connectivity index (χ1) is 15.2. The lowest BCUT2D eigenvalue weighted by Crippen LogP contribution is -2.42. The van der Waals surface area contributed by atoms with E-state index in [1.54, 1.807) is 19.2 Å². The van der Waals surface area contributed by atoms with Crippen molar-refractivity contribution in [2.24, 2.45) is 5.92 Å². The third-order valence-electron chi connectivity index (χ3n) is 5.28. The SMILES string of the molecule is COc1ccc([C@H](CC(C)C)NC(=O)CN(c2cccc3ccccc23)S(C)(=O)=O)cc1. The number of methoxy groups -OCH3 is 1. The van der Waals surface area contributed by atoms with E-state index >= 15 is 0 Å². The van der Waals surface area contributed by atoms with Crippen molar-refractivity contribution in [2.45, 2.75) is 26.3 Å². The van der Waals surface area contributed by atoms with Gasteiger partial charge in [0, 0.05) is 5.39 Å². The van der Waals surface area contributed by atoms with Crippen LogP contribution >= 0.6 is 0 Å². The Hall–Kier alpha value is -3.06. The van der Waals surface area contributed by atoms with Gasteiger partial charge in [-0.1, -0.05) is 62.4 Å². The quantitative estimate of drug-likeness (QED) is 0.516. The largest absolute Gasteiger partial charge is 0.497 e. The number of carbonyl (C=O) groups is 1. The smallest absolute Gasteiger partial charge is 0.241 e. The standard InChI is InChI=1S/C25H30N2O4S/c1-18(2)16-23(20-12-14-21(31-3)15-13-20)26-25(28)17-27(32(4,29)30)24-11-7-9-19-8-5-6-10-22(19)24/h5-15,18,23H,16-17H2,1-4H3,(H,26,28)/t23-/m0/s1. The summed E-state index contributed by atoms with van der Waals surface area (Å²) in [7, 11) is -2.07. The number of fused-ring (bicyclic) bond motifs is 1. The van der Waals surface area contributed by atoms with Crippen LogP contribution in [0.3, 0.4) is 0 Å². The molecule has 0 spiro atoms. The van der Waals surface area contributed by atoms with Crippen molar-refractivity contribution in [1.82, 2.24) is 5.32 Å². The van der Waals surface area contributed by atoms with Crippen LogP contribution in [0.4, 0.5) is 5.69 Å². The van der Waals surface area contributed by atoms with E-state index in [0.29, 0.717) is 11.6 Å². The zero-order chi connectivity index (χ0) is 23.3. The fourth-order valence-electron chi connectivity index (χ4n) is 3.76. The van der Waals surface area contributed by atoms with Gasteiger partial charge in [0.2, 0.25) is 15.9 Å². The molecule has 0 radical (unpaired) electrons. The zero-order valence-electron chi connectivity index (χ0n) is 18.9. The predicted molar refractivity (Wildman–Crippen MR) is 129 cm³/mol. The van der Waals surface area contributed by atoms with E-state index in [0.717, 1.165) is 34.8 Å². The molecule has 1 N–H and O–H groups in total. The Morgan fingerprint density at radius 2 is 1.66 bits per heavy atom. The van der Waals surface area contributed by atoms with Gasteiger partial charge in [0.05, 0.1) is 25.1 Å². The van der Waals surface area contributed by atoms with Gasteiger partial charge in [-0.05, 0) is 41.5 Å². The molecule has 0 aliphatic carbocycles. The molecule has 1 atom stereocenters. The van der Waals surface area contributed by atoms with Gasteiger partial charge in [0.25, 0.3) is 0 Å². The Kier molecular flexibility index (Phi) is 7.40. The molecule has 0 saturated heterocycles. The van der Waals surface area contributed by atoms with Crippen LogP contribution in [0.5, 0.6) is 5.75 Å². The van der Waals surface area contributed by atoms with Crippen molar-refractivity contribution >= 4 is 32.4 Å². The summed E-state index contributed by atoms with van der Waals surface area (Å²) < 4.78 is 31.7. The summed E-state index contributed by atoms with van der Waals surface area (Å²) in [5.41, 5.74) is 1.44. The van der Waals surface area contributed by atoms with E-state index in [4.69, 9.17) is 4.74 Å². The molecule has 0 heterocycles. The normalized spacial score (nSPS) is 12.5. The fourth-order valence-corrected chi connectivity index (χ4v) is 4.63. The first-order valence-electron chi connectivity index (χ1n) is 10.6. The number of hydrogen-bond donors (Lipinski definition) is 1. The third-order valence-corrected chi connectivity index (χ3v) is 6.41. The van der Waals surface area contributed by atoms with Gasteiger partial charge in [-0.3, -0.25) is 9.10 Å². The van der Waals surface area contributed by atoms with Crippen molar-refractivity contribution < 1.29 is 17.9 Å². The number of carbonyl (C=O) groups excluding carboxylic acids is 1. The number of amides is 1. The fraction of sp³-hybridized carbons (Fsp3) is 0.320. The Labute approximate surface area is 190 Å². The van der Waals surface area contributed by atoms with Crippen molar-refractivity contribution in [3.8, 4) is 5.75 Å². The van der Waals surface area contributed by atoms with Gasteiger partial charge in [0.15, 0.2) is 0 Å². The highest BCUT2D eigenvalue weighted by Gasteiger charge is 2.24. The number of nitrogens with zero attached hydrogens (tertiary/aromatic N) is 1. The average Bonchev–Trinajstić information content (AvgIpc) is 2.76. The molecule has 0 aliphatic rings. The Bertz CT molecular complexity index is 1170. The molecule has 3 aromatic rings. The molecule has 0 aliphatic heterocycles. The Morgan fingerprint density at radius 3 is 2.28 bits per heavy atom. The van der Waals surface area contributed by atoms with Gasteiger partial charge < -0.3 is 10.1 Å². The second kappa shape index (κ2) is 10.0. The third kappa shape index (κ3) is 5.79. The molecule has 0 aromatic heterocycles. The van der Waals surface area contributed by atoms with E-state index in [-0.39, 0.29) is 18.5 Å². The molecule has 1 amide bonds. The lowest BCUT2D eigenvalue weighted by Gasteiger charge is -2.26. The number of sulfonamides is 1.